The highest BCUT2D eigenvalue weighted by atomic mass is 35.5. The number of nitrogens with two attached hydrogens (primary N) is 1. The Morgan fingerprint density at radius 2 is 2.10 bits per heavy atom. The van der Waals surface area contributed by atoms with Crippen molar-refractivity contribution < 1.29 is 9.47 Å². The first-order chi connectivity index (χ1) is 9.69. The minimum Gasteiger partial charge on any atom is -0.493 e. The normalized spacial score (nSPS) is 10.6. The van der Waals surface area contributed by atoms with E-state index in [4.69, 9.17) is 26.8 Å². The number of nitrogens with zero attached hydrogens (tertiary/aromatic N) is 2. The topological polar surface area (TPSA) is 86.0 Å². The van der Waals surface area contributed by atoms with Crippen molar-refractivity contribution >= 4 is 11.6 Å². The van der Waals surface area contributed by atoms with Crippen LogP contribution in [0.3, 0.4) is 0 Å². The number of ether oxygens (including phenoxy) is 2. The Labute approximate surface area is 122 Å². The average Bonchev–Trinajstić information content (AvgIpc) is 2.93. The maximum atomic E-state index is 6.17. The Morgan fingerprint density at radius 1 is 1.30 bits per heavy atom. The molecular weight excluding hydrogens is 280 g/mol. The Kier molecular flexibility index (Phi) is 4.81. The van der Waals surface area contributed by atoms with Crippen LogP contribution in [0.15, 0.2) is 12.1 Å². The number of methoxy groups -OCH3 is 2. The van der Waals surface area contributed by atoms with Crippen LogP contribution in [0.4, 0.5) is 0 Å². The van der Waals surface area contributed by atoms with E-state index in [0.717, 1.165) is 24.2 Å². The van der Waals surface area contributed by atoms with Crippen LogP contribution in [0.5, 0.6) is 11.5 Å². The Bertz CT molecular complexity index is 586. The van der Waals surface area contributed by atoms with Crippen molar-refractivity contribution in [3.8, 4) is 22.9 Å². The van der Waals surface area contributed by atoms with Gasteiger partial charge in [0.15, 0.2) is 17.3 Å². The largest absolute Gasteiger partial charge is 0.493 e. The molecule has 2 aromatic rings. The quantitative estimate of drug-likeness (QED) is 0.852. The van der Waals surface area contributed by atoms with Crippen LogP contribution in [0.25, 0.3) is 11.4 Å². The van der Waals surface area contributed by atoms with E-state index in [2.05, 4.69) is 15.2 Å². The summed E-state index contributed by atoms with van der Waals surface area (Å²) in [6.07, 6.45) is 1.63. The third kappa shape index (κ3) is 3.02. The SMILES string of the molecule is COc1cc(-c2n[nH]c(CCCN)n2)cc(Cl)c1OC. The van der Waals surface area contributed by atoms with Gasteiger partial charge in [-0.25, -0.2) is 4.98 Å². The maximum absolute atomic E-state index is 6.17. The second-order valence-corrected chi connectivity index (χ2v) is 4.60. The smallest absolute Gasteiger partial charge is 0.181 e. The first-order valence-corrected chi connectivity index (χ1v) is 6.60. The maximum Gasteiger partial charge on any atom is 0.181 e. The summed E-state index contributed by atoms with van der Waals surface area (Å²) in [4.78, 5) is 4.41. The van der Waals surface area contributed by atoms with Gasteiger partial charge in [0.2, 0.25) is 0 Å². The molecule has 6 nitrogen and oxygen atoms in total. The summed E-state index contributed by atoms with van der Waals surface area (Å²) >= 11 is 6.17. The number of hydrogen-bond acceptors (Lipinski definition) is 5. The van der Waals surface area contributed by atoms with Crippen molar-refractivity contribution in [3.63, 3.8) is 0 Å². The molecule has 1 aromatic carbocycles. The molecule has 0 atom stereocenters. The van der Waals surface area contributed by atoms with E-state index < -0.39 is 0 Å². The fraction of sp³-hybridized carbons (Fsp3) is 0.385. The fourth-order valence-electron chi connectivity index (χ4n) is 1.85. The van der Waals surface area contributed by atoms with E-state index in [0.29, 0.717) is 28.9 Å². The highest BCUT2D eigenvalue weighted by Gasteiger charge is 2.14. The van der Waals surface area contributed by atoms with Crippen LogP contribution in [-0.2, 0) is 6.42 Å². The summed E-state index contributed by atoms with van der Waals surface area (Å²) in [6.45, 7) is 0.623. The summed E-state index contributed by atoms with van der Waals surface area (Å²) in [6, 6.07) is 3.54. The lowest BCUT2D eigenvalue weighted by molar-refractivity contribution is 0.355. The minimum atomic E-state index is 0.454. The lowest BCUT2D eigenvalue weighted by atomic mass is 10.2. The van der Waals surface area contributed by atoms with E-state index in [1.165, 1.54) is 0 Å². The number of hydrogen-bond donors (Lipinski definition) is 2. The third-order valence-corrected chi connectivity index (χ3v) is 3.12. The Morgan fingerprint density at radius 3 is 2.75 bits per heavy atom. The van der Waals surface area contributed by atoms with Gasteiger partial charge in [0, 0.05) is 12.0 Å². The van der Waals surface area contributed by atoms with Crippen LogP contribution >= 0.6 is 11.6 Å². The van der Waals surface area contributed by atoms with E-state index in [1.54, 1.807) is 26.4 Å². The number of benzene rings is 1. The number of nitrogens with one attached hydrogen (secondary N) is 1. The summed E-state index contributed by atoms with van der Waals surface area (Å²) in [7, 11) is 3.10. The molecular formula is C13H17ClN4O2. The molecule has 0 aliphatic heterocycles. The molecule has 7 heteroatoms. The van der Waals surface area contributed by atoms with Crippen molar-refractivity contribution in [1.29, 1.82) is 0 Å². The molecule has 1 aromatic heterocycles. The van der Waals surface area contributed by atoms with Gasteiger partial charge < -0.3 is 15.2 Å². The van der Waals surface area contributed by atoms with Crippen molar-refractivity contribution in [3.05, 3.63) is 23.0 Å². The number of aryl methyl sites for hydroxylation is 1. The van der Waals surface area contributed by atoms with Gasteiger partial charge in [-0.1, -0.05) is 11.6 Å². The van der Waals surface area contributed by atoms with Crippen molar-refractivity contribution in [2.45, 2.75) is 12.8 Å². The molecule has 0 unspecified atom stereocenters. The molecule has 0 bridgehead atoms. The molecule has 0 aliphatic rings. The van der Waals surface area contributed by atoms with Gasteiger partial charge in [0.1, 0.15) is 5.82 Å². The molecule has 2 rings (SSSR count). The predicted octanol–water partition coefficient (Wildman–Crippen LogP) is 2.03. The van der Waals surface area contributed by atoms with Gasteiger partial charge in [-0.15, -0.1) is 0 Å². The van der Waals surface area contributed by atoms with Gasteiger partial charge in [0.25, 0.3) is 0 Å². The van der Waals surface area contributed by atoms with Gasteiger partial charge >= 0.3 is 0 Å². The number of rotatable bonds is 6. The number of halogens is 1. The summed E-state index contributed by atoms with van der Waals surface area (Å²) in [5.41, 5.74) is 6.24. The van der Waals surface area contributed by atoms with E-state index in [-0.39, 0.29) is 0 Å². The number of H-pyrrole nitrogens is 1. The zero-order valence-corrected chi connectivity index (χ0v) is 12.2. The molecule has 1 heterocycles. The Balaban J connectivity index is 2.32. The molecule has 0 aliphatic carbocycles. The molecule has 0 amide bonds. The fourth-order valence-corrected chi connectivity index (χ4v) is 2.14. The van der Waals surface area contributed by atoms with Crippen molar-refractivity contribution in [2.75, 3.05) is 20.8 Å². The zero-order valence-electron chi connectivity index (χ0n) is 11.4. The van der Waals surface area contributed by atoms with Crippen LogP contribution in [0.1, 0.15) is 12.2 Å². The molecule has 0 saturated heterocycles. The van der Waals surface area contributed by atoms with E-state index >= 15 is 0 Å². The monoisotopic (exact) mass is 296 g/mol. The van der Waals surface area contributed by atoms with Crippen LogP contribution < -0.4 is 15.2 Å². The molecule has 3 N–H and O–H groups in total. The number of aromatic nitrogens is 3. The van der Waals surface area contributed by atoms with E-state index in [1.807, 2.05) is 0 Å². The van der Waals surface area contributed by atoms with Crippen LogP contribution in [0.2, 0.25) is 5.02 Å². The lowest BCUT2D eigenvalue weighted by Crippen LogP contribution is -2.01. The van der Waals surface area contributed by atoms with Gasteiger partial charge in [0.05, 0.1) is 19.2 Å². The minimum absolute atomic E-state index is 0.454. The van der Waals surface area contributed by atoms with E-state index in [9.17, 15) is 0 Å². The molecule has 108 valence electrons. The molecule has 20 heavy (non-hydrogen) atoms. The second-order valence-electron chi connectivity index (χ2n) is 4.19. The third-order valence-electron chi connectivity index (χ3n) is 2.84. The first kappa shape index (κ1) is 14.6. The summed E-state index contributed by atoms with van der Waals surface area (Å²) in [5.74, 6) is 2.41. The zero-order chi connectivity index (χ0) is 14.5. The second kappa shape index (κ2) is 6.58. The standard InChI is InChI=1S/C13H17ClN4O2/c1-19-10-7-8(6-9(14)12(10)20-2)13-16-11(17-18-13)4-3-5-15/h6-7H,3-5,15H2,1-2H3,(H,16,17,18). The molecule has 0 saturated carbocycles. The van der Waals surface area contributed by atoms with Gasteiger partial charge in [-0.3, -0.25) is 5.10 Å². The highest BCUT2D eigenvalue weighted by Crippen LogP contribution is 2.38. The number of aromatic amines is 1. The van der Waals surface area contributed by atoms with Crippen LogP contribution in [0, 0.1) is 0 Å². The van der Waals surface area contributed by atoms with Crippen molar-refractivity contribution in [2.24, 2.45) is 5.73 Å². The molecule has 0 fully saturated rings. The summed E-state index contributed by atoms with van der Waals surface area (Å²) < 4.78 is 10.5. The Hall–Kier alpha value is -1.79. The predicted molar refractivity (Wildman–Crippen MR) is 77.3 cm³/mol. The average molecular weight is 297 g/mol. The summed E-state index contributed by atoms with van der Waals surface area (Å²) in [5, 5.41) is 7.53. The highest BCUT2D eigenvalue weighted by molar-refractivity contribution is 6.32. The molecule has 0 spiro atoms. The first-order valence-electron chi connectivity index (χ1n) is 6.22. The van der Waals surface area contributed by atoms with Crippen molar-refractivity contribution in [1.82, 2.24) is 15.2 Å². The van der Waals surface area contributed by atoms with Crippen LogP contribution in [-0.4, -0.2) is 35.9 Å². The lowest BCUT2D eigenvalue weighted by Gasteiger charge is -2.10. The van der Waals surface area contributed by atoms with Gasteiger partial charge in [-0.2, -0.15) is 5.10 Å². The molecule has 0 radical (unpaired) electrons. The van der Waals surface area contributed by atoms with Gasteiger partial charge in [-0.05, 0) is 25.1 Å².